The molecule has 1 fully saturated rings. The maximum atomic E-state index is 12.1. The van der Waals surface area contributed by atoms with Crippen molar-refractivity contribution in [1.82, 2.24) is 15.8 Å². The smallest absolute Gasteiger partial charge is 0.356 e. The first-order valence-corrected chi connectivity index (χ1v) is 12.8. The van der Waals surface area contributed by atoms with Crippen LogP contribution in [-0.4, -0.2) is 33.4 Å². The lowest BCUT2D eigenvalue weighted by Gasteiger charge is -2.15. The monoisotopic (exact) mass is 502 g/mol. The minimum absolute atomic E-state index is 0.0693. The Morgan fingerprint density at radius 3 is 2.77 bits per heavy atom. The third kappa shape index (κ3) is 6.97. The first kappa shape index (κ1) is 25.0. The molecule has 1 aliphatic rings. The number of amides is 1. The van der Waals surface area contributed by atoms with E-state index in [-0.39, 0.29) is 17.8 Å². The van der Waals surface area contributed by atoms with Crippen molar-refractivity contribution < 1.29 is 32.8 Å². The summed E-state index contributed by atoms with van der Waals surface area (Å²) in [5.41, 5.74) is 9.51. The Kier molecular flexibility index (Phi) is 7.94. The number of nitrogen functional groups attached to an aromatic ring is 1. The molecule has 11 nitrogen and oxygen atoms in total. The molecule has 1 atom stereocenters. The van der Waals surface area contributed by atoms with E-state index in [1.165, 1.54) is 4.57 Å². The topological polar surface area (TPSA) is 164 Å². The summed E-state index contributed by atoms with van der Waals surface area (Å²) in [5.74, 6) is 0.730. The van der Waals surface area contributed by atoms with E-state index in [0.717, 1.165) is 36.9 Å². The highest BCUT2D eigenvalue weighted by Gasteiger charge is 2.21. The van der Waals surface area contributed by atoms with E-state index in [4.69, 9.17) is 20.0 Å². The molecule has 3 heterocycles. The van der Waals surface area contributed by atoms with Crippen LogP contribution in [0, 0.1) is 0 Å². The molecule has 0 bridgehead atoms. The van der Waals surface area contributed by atoms with Crippen LogP contribution in [0.2, 0.25) is 0 Å². The maximum Gasteiger partial charge on any atom is 0.472 e. The van der Waals surface area contributed by atoms with Crippen LogP contribution < -0.4 is 20.9 Å². The molecule has 35 heavy (non-hydrogen) atoms. The van der Waals surface area contributed by atoms with Crippen LogP contribution in [-0.2, 0) is 33.6 Å². The highest BCUT2D eigenvalue weighted by Crippen LogP contribution is 2.35. The van der Waals surface area contributed by atoms with Crippen molar-refractivity contribution in [2.24, 2.45) is 0 Å². The predicted octanol–water partition coefficient (Wildman–Crippen LogP) is 1.63. The SMILES string of the molecule is Nc1c(-c2cc(Cc3ccc(CNC4CCCCNC4=O)cc3)no2)ccc[n+]1COP(=O)(O)O. The molecule has 2 aromatic heterocycles. The van der Waals surface area contributed by atoms with E-state index in [1.807, 2.05) is 24.3 Å². The summed E-state index contributed by atoms with van der Waals surface area (Å²) in [4.78, 5) is 29.9. The Morgan fingerprint density at radius 1 is 1.23 bits per heavy atom. The number of nitrogens with two attached hydrogens (primary N) is 1. The zero-order chi connectivity index (χ0) is 24.8. The van der Waals surface area contributed by atoms with E-state index in [1.54, 1.807) is 24.4 Å². The molecule has 1 aliphatic heterocycles. The summed E-state index contributed by atoms with van der Waals surface area (Å²) in [6.07, 6.45) is 5.00. The van der Waals surface area contributed by atoms with Gasteiger partial charge in [0.05, 0.1) is 17.9 Å². The highest BCUT2D eigenvalue weighted by atomic mass is 31.2. The lowest BCUT2D eigenvalue weighted by atomic mass is 10.1. The average molecular weight is 502 g/mol. The molecule has 1 saturated heterocycles. The molecule has 1 aromatic carbocycles. The van der Waals surface area contributed by atoms with Gasteiger partial charge in [-0.1, -0.05) is 29.4 Å². The first-order chi connectivity index (χ1) is 16.8. The lowest BCUT2D eigenvalue weighted by molar-refractivity contribution is -0.711. The molecule has 186 valence electrons. The Hall–Kier alpha value is -3.08. The van der Waals surface area contributed by atoms with E-state index >= 15 is 0 Å². The van der Waals surface area contributed by atoms with Crippen LogP contribution in [0.5, 0.6) is 0 Å². The van der Waals surface area contributed by atoms with Crippen molar-refractivity contribution in [1.29, 1.82) is 0 Å². The fourth-order valence-electron chi connectivity index (χ4n) is 3.90. The number of phosphoric ester groups is 1. The molecule has 6 N–H and O–H groups in total. The van der Waals surface area contributed by atoms with Crippen molar-refractivity contribution in [3.8, 4) is 11.3 Å². The molecule has 0 radical (unpaired) electrons. The van der Waals surface area contributed by atoms with E-state index in [0.29, 0.717) is 30.0 Å². The fourth-order valence-corrected chi connectivity index (χ4v) is 4.18. The molecule has 1 amide bonds. The number of hydrogen-bond acceptors (Lipinski definition) is 7. The maximum absolute atomic E-state index is 12.1. The number of benzene rings is 1. The van der Waals surface area contributed by atoms with E-state index in [2.05, 4.69) is 20.3 Å². The van der Waals surface area contributed by atoms with Crippen LogP contribution in [0.15, 0.2) is 53.2 Å². The molecular weight excluding hydrogens is 473 g/mol. The highest BCUT2D eigenvalue weighted by molar-refractivity contribution is 7.46. The number of aromatic nitrogens is 2. The number of anilines is 1. The first-order valence-electron chi connectivity index (χ1n) is 11.3. The summed E-state index contributed by atoms with van der Waals surface area (Å²) < 4.78 is 22.3. The summed E-state index contributed by atoms with van der Waals surface area (Å²) in [6, 6.07) is 13.1. The number of hydrogen-bond donors (Lipinski definition) is 5. The van der Waals surface area contributed by atoms with E-state index < -0.39 is 14.6 Å². The van der Waals surface area contributed by atoms with Gasteiger partial charge >= 0.3 is 7.82 Å². The second-order valence-electron chi connectivity index (χ2n) is 8.42. The molecule has 3 aromatic rings. The predicted molar refractivity (Wildman–Crippen MR) is 126 cm³/mol. The molecule has 0 saturated carbocycles. The van der Waals surface area contributed by atoms with Gasteiger partial charge in [0, 0.05) is 25.6 Å². The minimum atomic E-state index is -4.63. The lowest BCUT2D eigenvalue weighted by Crippen LogP contribution is -2.42. The van der Waals surface area contributed by atoms with Gasteiger partial charge in [0.15, 0.2) is 5.76 Å². The number of nitrogens with one attached hydrogen (secondary N) is 2. The number of pyridine rings is 1. The van der Waals surface area contributed by atoms with Crippen molar-refractivity contribution in [2.45, 2.75) is 45.0 Å². The van der Waals surface area contributed by atoms with Crippen LogP contribution in [0.25, 0.3) is 11.3 Å². The number of carbonyl (C=O) groups is 1. The summed E-state index contributed by atoms with van der Waals surface area (Å²) in [7, 11) is -4.63. The van der Waals surface area contributed by atoms with Crippen molar-refractivity contribution in [3.63, 3.8) is 0 Å². The Labute approximate surface area is 202 Å². The standard InChI is InChI=1S/C23H28N5O6P/c24-22-19(4-3-11-28(22)15-33-35(30,31)32)21-13-18(27-34-21)12-16-6-8-17(9-7-16)14-26-20-5-1-2-10-25-23(20)29/h3-4,6-9,11,13,20,24,26H,1-2,5,10,12,14-15H2,(H3,25,29,30,31,32)/p+1. The zero-order valence-corrected chi connectivity index (χ0v) is 20.0. The molecular formula is C23H29N5O6P+. The summed E-state index contributed by atoms with van der Waals surface area (Å²) >= 11 is 0. The minimum Gasteiger partial charge on any atom is -0.356 e. The third-order valence-electron chi connectivity index (χ3n) is 5.80. The number of carbonyl (C=O) groups excluding carboxylic acids is 1. The van der Waals surface area contributed by atoms with Gasteiger partial charge in [0.1, 0.15) is 5.56 Å². The molecule has 12 heteroatoms. The summed E-state index contributed by atoms with van der Waals surface area (Å²) in [6.45, 7) is 0.959. The molecule has 1 unspecified atom stereocenters. The van der Waals surface area contributed by atoms with Gasteiger partial charge in [0.25, 0.3) is 5.82 Å². The van der Waals surface area contributed by atoms with Crippen LogP contribution >= 0.6 is 7.82 Å². The Balaban J connectivity index is 1.37. The quantitative estimate of drug-likeness (QED) is 0.216. The largest absolute Gasteiger partial charge is 0.472 e. The van der Waals surface area contributed by atoms with Gasteiger partial charge in [-0.25, -0.2) is 13.7 Å². The number of phosphoric acid groups is 1. The zero-order valence-electron chi connectivity index (χ0n) is 19.1. The van der Waals surface area contributed by atoms with Gasteiger partial charge in [-0.2, -0.15) is 0 Å². The Morgan fingerprint density at radius 2 is 2.00 bits per heavy atom. The second kappa shape index (κ2) is 11.1. The van der Waals surface area contributed by atoms with Gasteiger partial charge in [-0.3, -0.25) is 10.5 Å². The third-order valence-corrected chi connectivity index (χ3v) is 6.25. The van der Waals surface area contributed by atoms with E-state index in [9.17, 15) is 9.36 Å². The van der Waals surface area contributed by atoms with Crippen molar-refractivity contribution in [2.75, 3.05) is 12.3 Å². The number of nitrogens with zero attached hydrogens (tertiary/aromatic N) is 2. The second-order valence-corrected chi connectivity index (χ2v) is 9.66. The van der Waals surface area contributed by atoms with Crippen LogP contribution in [0.3, 0.4) is 0 Å². The van der Waals surface area contributed by atoms with Crippen LogP contribution in [0.1, 0.15) is 36.1 Å². The normalized spacial score (nSPS) is 16.6. The molecule has 0 aliphatic carbocycles. The van der Waals surface area contributed by atoms with Crippen molar-refractivity contribution in [3.05, 3.63) is 65.5 Å². The van der Waals surface area contributed by atoms with Crippen LogP contribution in [0.4, 0.5) is 5.82 Å². The van der Waals surface area contributed by atoms with Gasteiger partial charge in [-0.05, 0) is 42.5 Å². The number of rotatable bonds is 9. The molecule has 4 rings (SSSR count). The van der Waals surface area contributed by atoms with Gasteiger partial charge in [0.2, 0.25) is 12.6 Å². The van der Waals surface area contributed by atoms with Crippen molar-refractivity contribution >= 4 is 19.5 Å². The Bertz CT molecular complexity index is 1210. The molecule has 0 spiro atoms. The van der Waals surface area contributed by atoms with Gasteiger partial charge < -0.3 is 24.9 Å². The van der Waals surface area contributed by atoms with Gasteiger partial charge in [-0.15, -0.1) is 0 Å². The fraction of sp³-hybridized carbons (Fsp3) is 0.348. The average Bonchev–Trinajstić information content (AvgIpc) is 3.18. The summed E-state index contributed by atoms with van der Waals surface area (Å²) in [5, 5.41) is 10.4.